The quantitative estimate of drug-likeness (QED) is 0.545. The summed E-state index contributed by atoms with van der Waals surface area (Å²) in [5.74, 6) is -0.747. The number of carboxylic acid groups (broad SMARTS) is 1. The molecule has 0 aliphatic rings. The standard InChI is InChI=1S/C8H13N5O4/c1-17-7(4-14)13-6(10-11-12-13)3-2-5(9)8(15)16/h4-5,7H,2-3,9H2,1H3,(H,15,16)/t5-,7?/m0/s1. The fraction of sp³-hybridized carbons (Fsp3) is 0.625. The van der Waals surface area contributed by atoms with Gasteiger partial charge < -0.3 is 15.6 Å². The Kier molecular flexibility index (Phi) is 4.67. The summed E-state index contributed by atoms with van der Waals surface area (Å²) in [6.07, 6.45) is 0.0388. The van der Waals surface area contributed by atoms with Crippen molar-refractivity contribution >= 4 is 12.3 Å². The first-order valence-electron chi connectivity index (χ1n) is 4.83. The monoisotopic (exact) mass is 243 g/mol. The summed E-state index contributed by atoms with van der Waals surface area (Å²) in [7, 11) is 1.34. The average Bonchev–Trinajstić information content (AvgIpc) is 2.76. The van der Waals surface area contributed by atoms with E-state index in [4.69, 9.17) is 15.6 Å². The lowest BCUT2D eigenvalue weighted by Crippen LogP contribution is -2.31. The summed E-state index contributed by atoms with van der Waals surface area (Å²) in [4.78, 5) is 21.2. The number of aromatic nitrogens is 4. The van der Waals surface area contributed by atoms with Crippen molar-refractivity contribution < 1.29 is 19.4 Å². The van der Waals surface area contributed by atoms with Gasteiger partial charge in [0.05, 0.1) is 0 Å². The number of hydrogen-bond acceptors (Lipinski definition) is 7. The summed E-state index contributed by atoms with van der Waals surface area (Å²) in [6.45, 7) is 0. The molecule has 0 aliphatic heterocycles. The van der Waals surface area contributed by atoms with Gasteiger partial charge in [-0.1, -0.05) is 0 Å². The number of carboxylic acids is 1. The number of tetrazole rings is 1. The Morgan fingerprint density at radius 3 is 2.94 bits per heavy atom. The molecule has 0 amide bonds. The third-order valence-corrected chi connectivity index (χ3v) is 2.16. The second-order valence-electron chi connectivity index (χ2n) is 3.29. The molecule has 1 heterocycles. The molecule has 0 fully saturated rings. The highest BCUT2D eigenvalue weighted by molar-refractivity contribution is 5.72. The first-order chi connectivity index (χ1) is 8.10. The average molecular weight is 243 g/mol. The van der Waals surface area contributed by atoms with E-state index in [1.165, 1.54) is 11.8 Å². The molecular formula is C8H13N5O4. The number of aliphatic carboxylic acids is 1. The van der Waals surface area contributed by atoms with Crippen LogP contribution in [0.5, 0.6) is 0 Å². The molecule has 1 aromatic heterocycles. The number of hydrogen-bond donors (Lipinski definition) is 2. The number of ether oxygens (including phenoxy) is 1. The first kappa shape index (κ1) is 13.2. The van der Waals surface area contributed by atoms with Crippen LogP contribution in [0.4, 0.5) is 0 Å². The van der Waals surface area contributed by atoms with Gasteiger partial charge in [-0.25, -0.2) is 0 Å². The summed E-state index contributed by atoms with van der Waals surface area (Å²) < 4.78 is 6.03. The van der Waals surface area contributed by atoms with E-state index in [9.17, 15) is 9.59 Å². The van der Waals surface area contributed by atoms with Gasteiger partial charge in [0.15, 0.2) is 12.1 Å². The van der Waals surface area contributed by atoms with E-state index in [0.717, 1.165) is 0 Å². The molecular weight excluding hydrogens is 230 g/mol. The van der Waals surface area contributed by atoms with Gasteiger partial charge in [-0.3, -0.25) is 9.59 Å². The highest BCUT2D eigenvalue weighted by atomic mass is 16.5. The van der Waals surface area contributed by atoms with Crippen LogP contribution in [0.2, 0.25) is 0 Å². The van der Waals surface area contributed by atoms with Crippen LogP contribution in [0, 0.1) is 0 Å². The number of carbonyl (C=O) groups is 2. The Labute approximate surface area is 96.5 Å². The van der Waals surface area contributed by atoms with Gasteiger partial charge in [0.2, 0.25) is 6.23 Å². The minimum atomic E-state index is -1.09. The van der Waals surface area contributed by atoms with Crippen LogP contribution in [0.25, 0.3) is 0 Å². The van der Waals surface area contributed by atoms with E-state index in [1.807, 2.05) is 0 Å². The van der Waals surface area contributed by atoms with Gasteiger partial charge in [-0.15, -0.1) is 5.10 Å². The van der Waals surface area contributed by atoms with E-state index >= 15 is 0 Å². The molecule has 1 aromatic rings. The molecule has 0 aromatic carbocycles. The lowest BCUT2D eigenvalue weighted by molar-refractivity contribution is -0.138. The molecule has 9 nitrogen and oxygen atoms in total. The van der Waals surface area contributed by atoms with E-state index in [-0.39, 0.29) is 12.8 Å². The summed E-state index contributed by atoms with van der Waals surface area (Å²) in [5, 5.41) is 19.3. The molecule has 2 atom stereocenters. The minimum Gasteiger partial charge on any atom is -0.480 e. The van der Waals surface area contributed by atoms with E-state index in [0.29, 0.717) is 12.1 Å². The maximum atomic E-state index is 10.7. The Bertz CT molecular complexity index is 393. The van der Waals surface area contributed by atoms with Crippen LogP contribution in [-0.2, 0) is 20.7 Å². The van der Waals surface area contributed by atoms with Gasteiger partial charge in [0.25, 0.3) is 0 Å². The lowest BCUT2D eigenvalue weighted by atomic mass is 10.1. The highest BCUT2D eigenvalue weighted by Crippen LogP contribution is 2.07. The van der Waals surface area contributed by atoms with E-state index in [2.05, 4.69) is 15.5 Å². The third-order valence-electron chi connectivity index (χ3n) is 2.16. The van der Waals surface area contributed by atoms with Gasteiger partial charge in [0, 0.05) is 13.5 Å². The molecule has 0 saturated heterocycles. The Morgan fingerprint density at radius 1 is 1.71 bits per heavy atom. The zero-order valence-electron chi connectivity index (χ0n) is 9.18. The largest absolute Gasteiger partial charge is 0.480 e. The van der Waals surface area contributed by atoms with Gasteiger partial charge >= 0.3 is 5.97 Å². The topological polar surface area (TPSA) is 133 Å². The maximum absolute atomic E-state index is 10.7. The number of carbonyl (C=O) groups excluding carboxylic acids is 1. The zero-order valence-corrected chi connectivity index (χ0v) is 9.18. The SMILES string of the molecule is COC(C=O)n1nnnc1CC[C@H](N)C(=O)O. The predicted octanol–water partition coefficient (Wildman–Crippen LogP) is -1.64. The molecule has 0 aliphatic carbocycles. The molecule has 0 saturated carbocycles. The van der Waals surface area contributed by atoms with Crippen LogP contribution in [0.3, 0.4) is 0 Å². The summed E-state index contributed by atoms with van der Waals surface area (Å²) in [5.41, 5.74) is 5.35. The van der Waals surface area contributed by atoms with Crippen molar-refractivity contribution in [2.24, 2.45) is 5.73 Å². The van der Waals surface area contributed by atoms with Gasteiger partial charge in [-0.05, 0) is 16.8 Å². The van der Waals surface area contributed by atoms with Crippen molar-refractivity contribution in [1.82, 2.24) is 20.2 Å². The highest BCUT2D eigenvalue weighted by Gasteiger charge is 2.18. The van der Waals surface area contributed by atoms with Crippen molar-refractivity contribution in [3.63, 3.8) is 0 Å². The Morgan fingerprint density at radius 2 is 2.41 bits per heavy atom. The molecule has 94 valence electrons. The summed E-state index contributed by atoms with van der Waals surface area (Å²) in [6, 6.07) is -0.989. The number of rotatable bonds is 7. The van der Waals surface area contributed by atoms with Crippen LogP contribution in [0.1, 0.15) is 18.5 Å². The van der Waals surface area contributed by atoms with Crippen LogP contribution in [-0.4, -0.2) is 50.7 Å². The lowest BCUT2D eigenvalue weighted by Gasteiger charge is -2.10. The predicted molar refractivity (Wildman–Crippen MR) is 53.9 cm³/mol. The van der Waals surface area contributed by atoms with Crippen LogP contribution in [0.15, 0.2) is 0 Å². The number of aryl methyl sites for hydroxylation is 1. The number of methoxy groups -OCH3 is 1. The number of nitrogens with zero attached hydrogens (tertiary/aromatic N) is 4. The molecule has 17 heavy (non-hydrogen) atoms. The minimum absolute atomic E-state index is 0.172. The molecule has 1 unspecified atom stereocenters. The first-order valence-corrected chi connectivity index (χ1v) is 4.83. The zero-order chi connectivity index (χ0) is 12.8. The second-order valence-corrected chi connectivity index (χ2v) is 3.29. The van der Waals surface area contributed by atoms with E-state index in [1.54, 1.807) is 0 Å². The normalized spacial score (nSPS) is 14.2. The Balaban J connectivity index is 2.69. The second kappa shape index (κ2) is 6.01. The van der Waals surface area contributed by atoms with Crippen molar-refractivity contribution in [3.8, 4) is 0 Å². The molecule has 9 heteroatoms. The molecule has 3 N–H and O–H groups in total. The number of aldehydes is 1. The molecule has 1 rings (SSSR count). The van der Waals surface area contributed by atoms with Gasteiger partial charge in [-0.2, -0.15) is 4.68 Å². The van der Waals surface area contributed by atoms with Crippen molar-refractivity contribution in [2.45, 2.75) is 25.1 Å². The van der Waals surface area contributed by atoms with E-state index < -0.39 is 18.2 Å². The molecule has 0 bridgehead atoms. The maximum Gasteiger partial charge on any atom is 0.320 e. The van der Waals surface area contributed by atoms with Crippen LogP contribution < -0.4 is 5.73 Å². The van der Waals surface area contributed by atoms with Crippen molar-refractivity contribution in [3.05, 3.63) is 5.82 Å². The molecule has 0 spiro atoms. The Hall–Kier alpha value is -1.87. The van der Waals surface area contributed by atoms with Crippen molar-refractivity contribution in [1.29, 1.82) is 0 Å². The smallest absolute Gasteiger partial charge is 0.320 e. The van der Waals surface area contributed by atoms with Crippen molar-refractivity contribution in [2.75, 3.05) is 7.11 Å². The summed E-state index contributed by atoms with van der Waals surface area (Å²) >= 11 is 0. The fourth-order valence-corrected chi connectivity index (χ4v) is 1.20. The van der Waals surface area contributed by atoms with Gasteiger partial charge in [0.1, 0.15) is 6.04 Å². The molecule has 0 radical (unpaired) electrons. The van der Waals surface area contributed by atoms with Crippen LogP contribution >= 0.6 is 0 Å². The third kappa shape index (κ3) is 3.29. The fourth-order valence-electron chi connectivity index (χ4n) is 1.20. The number of nitrogens with two attached hydrogens (primary N) is 1.